The van der Waals surface area contributed by atoms with Gasteiger partial charge in [-0.25, -0.2) is 0 Å². The van der Waals surface area contributed by atoms with E-state index in [4.69, 9.17) is 5.73 Å². The molecule has 0 saturated carbocycles. The summed E-state index contributed by atoms with van der Waals surface area (Å²) in [6.07, 6.45) is 3.89. The van der Waals surface area contributed by atoms with E-state index in [0.717, 1.165) is 18.4 Å². The third-order valence-electron chi connectivity index (χ3n) is 4.44. The van der Waals surface area contributed by atoms with E-state index in [1.54, 1.807) is 0 Å². The van der Waals surface area contributed by atoms with Gasteiger partial charge in [0.15, 0.2) is 0 Å². The molecule has 1 heterocycles. The second-order valence-corrected chi connectivity index (χ2v) is 6.00. The molecule has 2 N–H and O–H groups in total. The van der Waals surface area contributed by atoms with Gasteiger partial charge in [-0.2, -0.15) is 0 Å². The van der Waals surface area contributed by atoms with E-state index < -0.39 is 0 Å². The molecule has 0 spiro atoms. The second-order valence-electron chi connectivity index (χ2n) is 6.00. The lowest BCUT2D eigenvalue weighted by atomic mass is 9.88. The molecule has 108 valence electrons. The van der Waals surface area contributed by atoms with E-state index in [2.05, 4.69) is 30.6 Å². The molecule has 0 amide bonds. The lowest BCUT2D eigenvalue weighted by Crippen LogP contribution is -2.46. The van der Waals surface area contributed by atoms with Crippen molar-refractivity contribution in [3.63, 3.8) is 0 Å². The predicted molar refractivity (Wildman–Crippen MR) is 79.8 cm³/mol. The molecule has 3 nitrogen and oxygen atoms in total. The van der Waals surface area contributed by atoms with Crippen LogP contribution in [0.2, 0.25) is 0 Å². The SMILES string of the molecule is CCN1CCN(CCCC(CCN)C(C)C)CC1. The van der Waals surface area contributed by atoms with Gasteiger partial charge in [0.1, 0.15) is 0 Å². The molecule has 1 atom stereocenters. The quantitative estimate of drug-likeness (QED) is 0.720. The Morgan fingerprint density at radius 1 is 1.00 bits per heavy atom. The van der Waals surface area contributed by atoms with Crippen molar-refractivity contribution in [3.8, 4) is 0 Å². The number of nitrogens with two attached hydrogens (primary N) is 1. The van der Waals surface area contributed by atoms with Crippen molar-refractivity contribution in [2.75, 3.05) is 45.8 Å². The Bertz CT molecular complexity index is 198. The average molecular weight is 255 g/mol. The first kappa shape index (κ1) is 15.9. The maximum absolute atomic E-state index is 5.70. The monoisotopic (exact) mass is 255 g/mol. The molecule has 0 aromatic rings. The van der Waals surface area contributed by atoms with Crippen LogP contribution in [0.25, 0.3) is 0 Å². The van der Waals surface area contributed by atoms with Crippen LogP contribution in [0, 0.1) is 11.8 Å². The Balaban J connectivity index is 2.13. The van der Waals surface area contributed by atoms with Crippen LogP contribution in [0.5, 0.6) is 0 Å². The van der Waals surface area contributed by atoms with Gasteiger partial charge in [0, 0.05) is 26.2 Å². The van der Waals surface area contributed by atoms with Gasteiger partial charge in [-0.1, -0.05) is 20.8 Å². The molecule has 1 fully saturated rings. The normalized spacial score (nSPS) is 20.5. The third-order valence-corrected chi connectivity index (χ3v) is 4.44. The van der Waals surface area contributed by atoms with Crippen LogP contribution in [-0.4, -0.2) is 55.6 Å². The van der Waals surface area contributed by atoms with Crippen molar-refractivity contribution >= 4 is 0 Å². The van der Waals surface area contributed by atoms with Crippen molar-refractivity contribution in [2.45, 2.75) is 40.0 Å². The van der Waals surface area contributed by atoms with Gasteiger partial charge >= 0.3 is 0 Å². The minimum absolute atomic E-state index is 0.783. The Morgan fingerprint density at radius 2 is 1.61 bits per heavy atom. The van der Waals surface area contributed by atoms with Crippen LogP contribution in [0.3, 0.4) is 0 Å². The molecule has 0 radical (unpaired) electrons. The zero-order valence-corrected chi connectivity index (χ0v) is 12.7. The van der Waals surface area contributed by atoms with Crippen molar-refractivity contribution < 1.29 is 0 Å². The number of hydrogen-bond acceptors (Lipinski definition) is 3. The maximum Gasteiger partial charge on any atom is 0.0110 e. The molecular weight excluding hydrogens is 222 g/mol. The maximum atomic E-state index is 5.70. The molecule has 0 aliphatic carbocycles. The first-order valence-corrected chi connectivity index (χ1v) is 7.82. The summed E-state index contributed by atoms with van der Waals surface area (Å²) in [7, 11) is 0. The summed E-state index contributed by atoms with van der Waals surface area (Å²) >= 11 is 0. The van der Waals surface area contributed by atoms with Crippen molar-refractivity contribution in [2.24, 2.45) is 17.6 Å². The van der Waals surface area contributed by atoms with E-state index in [1.807, 2.05) is 0 Å². The van der Waals surface area contributed by atoms with Crippen LogP contribution in [0.4, 0.5) is 0 Å². The standard InChI is InChI=1S/C15H33N3/c1-4-17-10-12-18(13-11-17)9-5-6-15(7-8-16)14(2)3/h14-15H,4-13,16H2,1-3H3. The van der Waals surface area contributed by atoms with Crippen LogP contribution in [-0.2, 0) is 0 Å². The minimum Gasteiger partial charge on any atom is -0.330 e. The Morgan fingerprint density at radius 3 is 2.11 bits per heavy atom. The number of rotatable bonds is 8. The first-order valence-electron chi connectivity index (χ1n) is 7.82. The van der Waals surface area contributed by atoms with Crippen LogP contribution in [0.15, 0.2) is 0 Å². The van der Waals surface area contributed by atoms with E-state index >= 15 is 0 Å². The Kier molecular flexibility index (Phi) is 7.87. The van der Waals surface area contributed by atoms with Gasteiger partial charge in [-0.3, -0.25) is 0 Å². The third kappa shape index (κ3) is 5.68. The van der Waals surface area contributed by atoms with Gasteiger partial charge in [-0.05, 0) is 50.7 Å². The van der Waals surface area contributed by atoms with Gasteiger partial charge < -0.3 is 15.5 Å². The summed E-state index contributed by atoms with van der Waals surface area (Å²) in [5, 5.41) is 0. The summed E-state index contributed by atoms with van der Waals surface area (Å²) < 4.78 is 0. The summed E-state index contributed by atoms with van der Waals surface area (Å²) in [6, 6.07) is 0. The minimum atomic E-state index is 0.783. The molecule has 0 aromatic heterocycles. The van der Waals surface area contributed by atoms with E-state index in [-0.39, 0.29) is 0 Å². The molecule has 1 rings (SSSR count). The fourth-order valence-electron chi connectivity index (χ4n) is 2.93. The molecule has 0 bridgehead atoms. The summed E-state index contributed by atoms with van der Waals surface area (Å²) in [5.74, 6) is 1.61. The average Bonchev–Trinajstić information content (AvgIpc) is 2.38. The summed E-state index contributed by atoms with van der Waals surface area (Å²) in [5.41, 5.74) is 5.70. The molecule has 1 saturated heterocycles. The Hall–Kier alpha value is -0.120. The molecule has 1 aliphatic heterocycles. The van der Waals surface area contributed by atoms with E-state index in [0.29, 0.717) is 0 Å². The smallest absolute Gasteiger partial charge is 0.0110 e. The highest BCUT2D eigenvalue weighted by atomic mass is 15.3. The second kappa shape index (κ2) is 8.89. The van der Waals surface area contributed by atoms with Gasteiger partial charge in [0.05, 0.1) is 0 Å². The van der Waals surface area contributed by atoms with Crippen LogP contribution in [0.1, 0.15) is 40.0 Å². The first-order chi connectivity index (χ1) is 8.67. The molecule has 1 unspecified atom stereocenters. The zero-order chi connectivity index (χ0) is 13.4. The Labute approximate surface area is 114 Å². The van der Waals surface area contributed by atoms with Crippen LogP contribution >= 0.6 is 0 Å². The van der Waals surface area contributed by atoms with Gasteiger partial charge in [0.2, 0.25) is 0 Å². The highest BCUT2D eigenvalue weighted by molar-refractivity contribution is 4.72. The van der Waals surface area contributed by atoms with Gasteiger partial charge in [-0.15, -0.1) is 0 Å². The number of likely N-dealkylation sites (N-methyl/N-ethyl adjacent to an activating group) is 1. The van der Waals surface area contributed by atoms with Gasteiger partial charge in [0.25, 0.3) is 0 Å². The highest BCUT2D eigenvalue weighted by Crippen LogP contribution is 2.20. The fourth-order valence-corrected chi connectivity index (χ4v) is 2.93. The lowest BCUT2D eigenvalue weighted by molar-refractivity contribution is 0.133. The number of piperazine rings is 1. The number of hydrogen-bond donors (Lipinski definition) is 1. The number of nitrogens with zero attached hydrogens (tertiary/aromatic N) is 2. The van der Waals surface area contributed by atoms with E-state index in [1.165, 1.54) is 58.5 Å². The largest absolute Gasteiger partial charge is 0.330 e. The molecule has 1 aliphatic rings. The zero-order valence-electron chi connectivity index (χ0n) is 12.7. The highest BCUT2D eigenvalue weighted by Gasteiger charge is 2.16. The van der Waals surface area contributed by atoms with Crippen LogP contribution < -0.4 is 5.73 Å². The summed E-state index contributed by atoms with van der Waals surface area (Å²) in [6.45, 7) is 15.3. The predicted octanol–water partition coefficient (Wildman–Crippen LogP) is 2.03. The van der Waals surface area contributed by atoms with E-state index in [9.17, 15) is 0 Å². The molecular formula is C15H33N3. The lowest BCUT2D eigenvalue weighted by Gasteiger charge is -2.34. The molecule has 0 aromatic carbocycles. The molecule has 3 heteroatoms. The van der Waals surface area contributed by atoms with Crippen molar-refractivity contribution in [1.29, 1.82) is 0 Å². The van der Waals surface area contributed by atoms with Crippen molar-refractivity contribution in [1.82, 2.24) is 9.80 Å². The topological polar surface area (TPSA) is 32.5 Å². The van der Waals surface area contributed by atoms with Crippen molar-refractivity contribution in [3.05, 3.63) is 0 Å². The fraction of sp³-hybridized carbons (Fsp3) is 1.00. The summed E-state index contributed by atoms with van der Waals surface area (Å²) in [4.78, 5) is 5.17. The molecule has 18 heavy (non-hydrogen) atoms.